The van der Waals surface area contributed by atoms with Crippen LogP contribution in [-0.2, 0) is 28.0 Å². The predicted molar refractivity (Wildman–Crippen MR) is 141 cm³/mol. The lowest BCUT2D eigenvalue weighted by Gasteiger charge is -2.32. The van der Waals surface area contributed by atoms with Gasteiger partial charge in [0, 0.05) is 42.8 Å². The number of nitrogens with one attached hydrogen (secondary N) is 1. The van der Waals surface area contributed by atoms with Gasteiger partial charge in [-0.3, -0.25) is 4.79 Å². The van der Waals surface area contributed by atoms with Crippen molar-refractivity contribution in [1.29, 1.82) is 0 Å². The molecular formula is C29H32N4O5. The summed E-state index contributed by atoms with van der Waals surface area (Å²) in [5.41, 5.74) is 4.84. The Morgan fingerprint density at radius 2 is 1.95 bits per heavy atom. The molecule has 1 atom stereocenters. The number of phenols is 1. The summed E-state index contributed by atoms with van der Waals surface area (Å²) in [6, 6.07) is 14.9. The minimum absolute atomic E-state index is 0.0296. The van der Waals surface area contributed by atoms with Crippen molar-refractivity contribution in [2.24, 2.45) is 7.05 Å². The van der Waals surface area contributed by atoms with Gasteiger partial charge in [0.25, 0.3) is 0 Å². The highest BCUT2D eigenvalue weighted by molar-refractivity contribution is 6.01. The summed E-state index contributed by atoms with van der Waals surface area (Å²) in [4.78, 5) is 25.6. The Morgan fingerprint density at radius 3 is 2.61 bits per heavy atom. The van der Waals surface area contributed by atoms with E-state index in [-0.39, 0.29) is 24.7 Å². The first-order valence-electron chi connectivity index (χ1n) is 12.4. The van der Waals surface area contributed by atoms with E-state index in [4.69, 9.17) is 14.6 Å². The summed E-state index contributed by atoms with van der Waals surface area (Å²) in [7, 11) is 3.42. The van der Waals surface area contributed by atoms with Gasteiger partial charge in [-0.15, -0.1) is 10.2 Å². The molecule has 38 heavy (non-hydrogen) atoms. The molecule has 198 valence electrons. The van der Waals surface area contributed by atoms with Crippen molar-refractivity contribution in [2.45, 2.75) is 45.6 Å². The largest absolute Gasteiger partial charge is 0.508 e. The molecule has 0 bridgehead atoms. The maximum atomic E-state index is 12.9. The van der Waals surface area contributed by atoms with Gasteiger partial charge in [-0.1, -0.05) is 30.3 Å². The monoisotopic (exact) mass is 516 g/mol. The molecule has 0 radical (unpaired) electrons. The SMILES string of the molecule is COc1ccccc1[C@H]1CC(=O)C2=C(C1)NC(C)=C(C(=O)OCc1nncn1C)C2.Cc1cccc(O)c1. The predicted octanol–water partition coefficient (Wildman–Crippen LogP) is 4.24. The quantitative estimate of drug-likeness (QED) is 0.484. The molecule has 1 aromatic heterocycles. The number of esters is 1. The highest BCUT2D eigenvalue weighted by atomic mass is 16.5. The van der Waals surface area contributed by atoms with Crippen LogP contribution in [0.15, 0.2) is 77.4 Å². The van der Waals surface area contributed by atoms with Crippen LogP contribution >= 0.6 is 0 Å². The summed E-state index contributed by atoms with van der Waals surface area (Å²) in [5.74, 6) is 1.32. The first-order chi connectivity index (χ1) is 18.3. The molecule has 9 nitrogen and oxygen atoms in total. The van der Waals surface area contributed by atoms with Crippen molar-refractivity contribution in [3.05, 3.63) is 94.3 Å². The maximum Gasteiger partial charge on any atom is 0.336 e. The summed E-state index contributed by atoms with van der Waals surface area (Å²) in [6.07, 6.45) is 2.91. The Hall–Kier alpha value is -4.40. The maximum absolute atomic E-state index is 12.9. The molecule has 0 saturated heterocycles. The highest BCUT2D eigenvalue weighted by Gasteiger charge is 2.34. The molecule has 9 heteroatoms. The van der Waals surface area contributed by atoms with E-state index in [0.717, 1.165) is 22.6 Å². The van der Waals surface area contributed by atoms with Crippen molar-refractivity contribution in [3.63, 3.8) is 0 Å². The van der Waals surface area contributed by atoms with Gasteiger partial charge < -0.3 is 24.5 Å². The van der Waals surface area contributed by atoms with Crippen LogP contribution in [0, 0.1) is 6.92 Å². The zero-order chi connectivity index (χ0) is 27.2. The van der Waals surface area contributed by atoms with Crippen LogP contribution in [0.5, 0.6) is 11.5 Å². The van der Waals surface area contributed by atoms with E-state index < -0.39 is 5.97 Å². The Labute approximate surface area is 221 Å². The number of methoxy groups -OCH3 is 1. The van der Waals surface area contributed by atoms with Crippen molar-refractivity contribution < 1.29 is 24.2 Å². The third-order valence-electron chi connectivity index (χ3n) is 6.69. The minimum Gasteiger partial charge on any atom is -0.508 e. The number of rotatable bonds is 5. The lowest BCUT2D eigenvalue weighted by molar-refractivity contribution is -0.140. The summed E-state index contributed by atoms with van der Waals surface area (Å²) < 4.78 is 12.6. The highest BCUT2D eigenvalue weighted by Crippen LogP contribution is 2.41. The fourth-order valence-electron chi connectivity index (χ4n) is 4.63. The number of Topliss-reactive ketones (excluding diaryl/α,β-unsaturated/α-hetero) is 1. The fourth-order valence-corrected chi connectivity index (χ4v) is 4.63. The van der Waals surface area contributed by atoms with Gasteiger partial charge in [0.15, 0.2) is 18.2 Å². The molecule has 3 aromatic rings. The Morgan fingerprint density at radius 1 is 1.16 bits per heavy atom. The third-order valence-corrected chi connectivity index (χ3v) is 6.69. The molecule has 0 amide bonds. The van der Waals surface area contributed by atoms with Crippen LogP contribution < -0.4 is 10.1 Å². The second-order valence-corrected chi connectivity index (χ2v) is 9.41. The average molecular weight is 517 g/mol. The molecule has 2 aromatic carbocycles. The van der Waals surface area contributed by atoms with E-state index in [2.05, 4.69) is 15.5 Å². The van der Waals surface area contributed by atoms with E-state index in [1.165, 1.54) is 0 Å². The van der Waals surface area contributed by atoms with E-state index in [1.807, 2.05) is 50.2 Å². The number of benzene rings is 2. The number of dihydropyridines is 1. The number of aromatic hydroxyl groups is 1. The standard InChI is InChI=1S/C22H24N4O4.C7H8O/c1-13-16(22(28)30-11-21-25-23-12-26(21)2)10-17-18(24-13)8-14(9-19(17)27)15-6-4-5-7-20(15)29-3;1-6-3-2-4-7(8)5-6/h4-7,12,14,24H,8-11H2,1-3H3;2-5,8H,1H3/t14-;/m1./s1. The molecule has 2 N–H and O–H groups in total. The van der Waals surface area contributed by atoms with Gasteiger partial charge in [-0.05, 0) is 49.6 Å². The molecule has 1 aliphatic carbocycles. The smallest absolute Gasteiger partial charge is 0.336 e. The van der Waals surface area contributed by atoms with E-state index >= 15 is 0 Å². The molecule has 0 spiro atoms. The molecule has 2 aliphatic rings. The van der Waals surface area contributed by atoms with Gasteiger partial charge in [-0.25, -0.2) is 4.79 Å². The summed E-state index contributed by atoms with van der Waals surface area (Å²) in [6.45, 7) is 3.81. The number of carbonyl (C=O) groups is 2. The van der Waals surface area contributed by atoms with Crippen molar-refractivity contribution >= 4 is 11.8 Å². The normalized spacial score (nSPS) is 16.7. The first kappa shape index (κ1) is 26.7. The fraction of sp³-hybridized carbons (Fsp3) is 0.310. The minimum atomic E-state index is -0.450. The number of ether oxygens (including phenoxy) is 2. The van der Waals surface area contributed by atoms with Gasteiger partial charge in [0.05, 0.1) is 12.7 Å². The number of para-hydroxylation sites is 1. The van der Waals surface area contributed by atoms with E-state index in [9.17, 15) is 9.59 Å². The summed E-state index contributed by atoms with van der Waals surface area (Å²) >= 11 is 0. The first-order valence-corrected chi connectivity index (χ1v) is 12.4. The number of nitrogens with zero attached hydrogens (tertiary/aromatic N) is 3. The van der Waals surface area contributed by atoms with Gasteiger partial charge in [-0.2, -0.15) is 0 Å². The molecular weight excluding hydrogens is 484 g/mol. The summed E-state index contributed by atoms with van der Waals surface area (Å²) in [5, 5.41) is 19.8. The molecule has 0 unspecified atom stereocenters. The van der Waals surface area contributed by atoms with Crippen LogP contribution in [-0.4, -0.2) is 38.7 Å². The lowest BCUT2D eigenvalue weighted by Crippen LogP contribution is -2.31. The average Bonchev–Trinajstić information content (AvgIpc) is 3.31. The van der Waals surface area contributed by atoms with Crippen LogP contribution in [0.25, 0.3) is 0 Å². The van der Waals surface area contributed by atoms with Crippen LogP contribution in [0.1, 0.15) is 49.1 Å². The second-order valence-electron chi connectivity index (χ2n) is 9.41. The second kappa shape index (κ2) is 11.8. The zero-order valence-electron chi connectivity index (χ0n) is 22.0. The Balaban J connectivity index is 0.000000360. The van der Waals surface area contributed by atoms with Crippen LogP contribution in [0.3, 0.4) is 0 Å². The van der Waals surface area contributed by atoms with Crippen molar-refractivity contribution in [2.75, 3.05) is 7.11 Å². The van der Waals surface area contributed by atoms with Gasteiger partial charge >= 0.3 is 5.97 Å². The third kappa shape index (κ3) is 6.11. The van der Waals surface area contributed by atoms with Crippen molar-refractivity contribution in [3.8, 4) is 11.5 Å². The topological polar surface area (TPSA) is 116 Å². The number of ketones is 1. The number of carbonyl (C=O) groups excluding carboxylic acids is 2. The molecule has 0 fully saturated rings. The molecule has 1 aliphatic heterocycles. The van der Waals surface area contributed by atoms with Gasteiger partial charge in [0.1, 0.15) is 17.8 Å². The Bertz CT molecular complexity index is 1390. The number of aryl methyl sites for hydroxylation is 2. The number of hydrogen-bond donors (Lipinski definition) is 2. The Kier molecular flexibility index (Phi) is 8.25. The number of aromatic nitrogens is 3. The molecule has 0 saturated carbocycles. The number of hydrogen-bond acceptors (Lipinski definition) is 8. The molecule has 2 heterocycles. The van der Waals surface area contributed by atoms with Gasteiger partial charge in [0.2, 0.25) is 0 Å². The zero-order valence-corrected chi connectivity index (χ0v) is 22.0. The number of phenolic OH excluding ortho intramolecular Hbond substituents is 1. The van der Waals surface area contributed by atoms with E-state index in [0.29, 0.717) is 41.3 Å². The number of allylic oxidation sites excluding steroid dienone is 3. The van der Waals surface area contributed by atoms with E-state index in [1.54, 1.807) is 37.2 Å². The van der Waals surface area contributed by atoms with Crippen molar-refractivity contribution in [1.82, 2.24) is 20.1 Å². The van der Waals surface area contributed by atoms with Crippen LogP contribution in [0.4, 0.5) is 0 Å². The molecule has 5 rings (SSSR count). The van der Waals surface area contributed by atoms with Crippen LogP contribution in [0.2, 0.25) is 0 Å². The lowest BCUT2D eigenvalue weighted by atomic mass is 9.78.